The highest BCUT2D eigenvalue weighted by Crippen LogP contribution is 2.31. The Morgan fingerprint density at radius 2 is 2.17 bits per heavy atom. The second-order valence-corrected chi connectivity index (χ2v) is 4.76. The summed E-state index contributed by atoms with van der Waals surface area (Å²) in [6.07, 6.45) is 3.45. The molecule has 0 unspecified atom stereocenters. The summed E-state index contributed by atoms with van der Waals surface area (Å²) in [5.74, 6) is -2.41. The average molecular weight is 269 g/mol. The van der Waals surface area contributed by atoms with Crippen LogP contribution in [0.15, 0.2) is 41.7 Å². The van der Waals surface area contributed by atoms with Gasteiger partial charge in [-0.2, -0.15) is 8.78 Å². The minimum atomic E-state index is -2.41. The van der Waals surface area contributed by atoms with Crippen molar-refractivity contribution >= 4 is 17.4 Å². The van der Waals surface area contributed by atoms with E-state index in [1.807, 2.05) is 17.7 Å². The third-order valence-corrected chi connectivity index (χ3v) is 3.27. The van der Waals surface area contributed by atoms with Crippen LogP contribution in [0.5, 0.6) is 0 Å². The first-order chi connectivity index (χ1) is 8.66. The number of alkyl halides is 2. The molecule has 96 valence electrons. The van der Waals surface area contributed by atoms with Gasteiger partial charge in [-0.1, -0.05) is 23.9 Å². The van der Waals surface area contributed by atoms with Gasteiger partial charge in [0, 0.05) is 23.8 Å². The van der Waals surface area contributed by atoms with E-state index in [1.54, 1.807) is 30.7 Å². The Bertz CT molecular complexity index is 514. The number of nitrogens with one attached hydrogen (secondary N) is 1. The number of benzene rings is 1. The van der Waals surface area contributed by atoms with Crippen molar-refractivity contribution in [3.8, 4) is 0 Å². The molecular formula is C12H13F2N3S. The van der Waals surface area contributed by atoms with E-state index in [2.05, 4.69) is 10.3 Å². The highest BCUT2D eigenvalue weighted by Gasteiger charge is 2.09. The first-order valence-corrected chi connectivity index (χ1v) is 6.27. The fourth-order valence-corrected chi connectivity index (χ4v) is 2.17. The molecule has 3 nitrogen and oxygen atoms in total. The van der Waals surface area contributed by atoms with E-state index in [-0.39, 0.29) is 0 Å². The van der Waals surface area contributed by atoms with Crippen LogP contribution in [0.4, 0.5) is 14.5 Å². The van der Waals surface area contributed by atoms with E-state index < -0.39 is 5.76 Å². The standard InChI is InChI=1S/C12H13F2N3S/c1-17-8-15-6-9(17)7-16-10-4-2-3-5-11(10)18-12(13)14/h2-6,8,12,16H,7H2,1H3. The summed E-state index contributed by atoms with van der Waals surface area (Å²) in [4.78, 5) is 4.55. The van der Waals surface area contributed by atoms with Crippen molar-refractivity contribution in [1.29, 1.82) is 0 Å². The van der Waals surface area contributed by atoms with Crippen LogP contribution in [0.3, 0.4) is 0 Å². The van der Waals surface area contributed by atoms with Crippen molar-refractivity contribution in [1.82, 2.24) is 9.55 Å². The van der Waals surface area contributed by atoms with E-state index in [0.29, 0.717) is 28.9 Å². The van der Waals surface area contributed by atoms with E-state index >= 15 is 0 Å². The second kappa shape index (κ2) is 5.86. The van der Waals surface area contributed by atoms with E-state index in [4.69, 9.17) is 0 Å². The number of hydrogen-bond donors (Lipinski definition) is 1. The van der Waals surface area contributed by atoms with Gasteiger partial charge in [0.25, 0.3) is 5.76 Å². The van der Waals surface area contributed by atoms with Crippen LogP contribution in [-0.4, -0.2) is 15.3 Å². The van der Waals surface area contributed by atoms with Crippen LogP contribution < -0.4 is 5.32 Å². The first kappa shape index (κ1) is 12.9. The molecule has 0 spiro atoms. The third-order valence-electron chi connectivity index (χ3n) is 2.48. The number of imidazole rings is 1. The molecule has 0 bridgehead atoms. The fourth-order valence-electron chi connectivity index (χ4n) is 1.55. The molecule has 0 aliphatic rings. The molecule has 2 rings (SSSR count). The van der Waals surface area contributed by atoms with Crippen LogP contribution in [0.2, 0.25) is 0 Å². The average Bonchev–Trinajstić information content (AvgIpc) is 2.73. The van der Waals surface area contributed by atoms with Gasteiger partial charge in [-0.05, 0) is 12.1 Å². The number of rotatable bonds is 5. The lowest BCUT2D eigenvalue weighted by atomic mass is 10.3. The fraction of sp³-hybridized carbons (Fsp3) is 0.250. The number of hydrogen-bond acceptors (Lipinski definition) is 3. The van der Waals surface area contributed by atoms with Gasteiger partial charge in [-0.3, -0.25) is 0 Å². The summed E-state index contributed by atoms with van der Waals surface area (Å²) < 4.78 is 26.7. The van der Waals surface area contributed by atoms with Crippen molar-refractivity contribution < 1.29 is 8.78 Å². The van der Waals surface area contributed by atoms with Gasteiger partial charge in [0.1, 0.15) is 0 Å². The molecule has 0 aliphatic carbocycles. The predicted octanol–water partition coefficient (Wildman–Crippen LogP) is 3.35. The Morgan fingerprint density at radius 1 is 1.39 bits per heavy atom. The maximum Gasteiger partial charge on any atom is 0.288 e. The van der Waals surface area contributed by atoms with Crippen LogP contribution >= 0.6 is 11.8 Å². The minimum absolute atomic E-state index is 0.548. The molecule has 1 N–H and O–H groups in total. The van der Waals surface area contributed by atoms with Crippen LogP contribution in [0.25, 0.3) is 0 Å². The monoisotopic (exact) mass is 269 g/mol. The smallest absolute Gasteiger partial charge is 0.288 e. The largest absolute Gasteiger partial charge is 0.378 e. The van der Waals surface area contributed by atoms with Gasteiger partial charge in [0.15, 0.2) is 0 Å². The van der Waals surface area contributed by atoms with Gasteiger partial charge in [0.2, 0.25) is 0 Å². The number of aryl methyl sites for hydroxylation is 1. The van der Waals surface area contributed by atoms with Gasteiger partial charge >= 0.3 is 0 Å². The minimum Gasteiger partial charge on any atom is -0.378 e. The molecule has 0 aliphatic heterocycles. The zero-order chi connectivity index (χ0) is 13.0. The van der Waals surface area contributed by atoms with Crippen LogP contribution in [-0.2, 0) is 13.6 Å². The summed E-state index contributed by atoms with van der Waals surface area (Å²) in [5.41, 5.74) is 1.70. The Morgan fingerprint density at radius 3 is 2.83 bits per heavy atom. The summed E-state index contributed by atoms with van der Waals surface area (Å²) >= 11 is 0.548. The zero-order valence-corrected chi connectivity index (χ0v) is 10.6. The van der Waals surface area contributed by atoms with Crippen LogP contribution in [0, 0.1) is 0 Å². The Hall–Kier alpha value is -1.56. The van der Waals surface area contributed by atoms with Gasteiger partial charge in [0.05, 0.1) is 18.6 Å². The summed E-state index contributed by atoms with van der Waals surface area (Å²) in [5, 5.41) is 3.15. The highest BCUT2D eigenvalue weighted by molar-refractivity contribution is 7.99. The van der Waals surface area contributed by atoms with Gasteiger partial charge < -0.3 is 9.88 Å². The molecule has 0 radical (unpaired) electrons. The lowest BCUT2D eigenvalue weighted by Gasteiger charge is -2.11. The Balaban J connectivity index is 2.07. The molecule has 2 aromatic rings. The number of thioether (sulfide) groups is 1. The third kappa shape index (κ3) is 3.22. The maximum absolute atomic E-state index is 12.4. The normalized spacial score (nSPS) is 10.9. The highest BCUT2D eigenvalue weighted by atomic mass is 32.2. The van der Waals surface area contributed by atoms with Crippen molar-refractivity contribution in [3.05, 3.63) is 42.5 Å². The molecular weight excluding hydrogens is 256 g/mol. The lowest BCUT2D eigenvalue weighted by Crippen LogP contribution is -2.04. The molecule has 18 heavy (non-hydrogen) atoms. The number of nitrogens with zero attached hydrogens (tertiary/aromatic N) is 2. The quantitative estimate of drug-likeness (QED) is 0.844. The SMILES string of the molecule is Cn1cncc1CNc1ccccc1SC(F)F. The van der Waals surface area contributed by atoms with Crippen molar-refractivity contribution in [2.24, 2.45) is 7.05 Å². The lowest BCUT2D eigenvalue weighted by molar-refractivity contribution is 0.252. The molecule has 0 amide bonds. The van der Waals surface area contributed by atoms with Gasteiger partial charge in [-0.25, -0.2) is 4.98 Å². The molecule has 1 aromatic heterocycles. The van der Waals surface area contributed by atoms with Crippen molar-refractivity contribution in [2.75, 3.05) is 5.32 Å². The first-order valence-electron chi connectivity index (χ1n) is 5.39. The van der Waals surface area contributed by atoms with Gasteiger partial charge in [-0.15, -0.1) is 0 Å². The maximum atomic E-state index is 12.4. The second-order valence-electron chi connectivity index (χ2n) is 3.72. The van der Waals surface area contributed by atoms with Crippen LogP contribution in [0.1, 0.15) is 5.69 Å². The van der Waals surface area contributed by atoms with E-state index in [9.17, 15) is 8.78 Å². The molecule has 1 aromatic carbocycles. The summed E-state index contributed by atoms with van der Waals surface area (Å²) in [7, 11) is 1.89. The van der Waals surface area contributed by atoms with Crippen molar-refractivity contribution in [3.63, 3.8) is 0 Å². The topological polar surface area (TPSA) is 29.9 Å². The zero-order valence-electron chi connectivity index (χ0n) is 9.81. The van der Waals surface area contributed by atoms with Crippen molar-refractivity contribution in [2.45, 2.75) is 17.2 Å². The number of anilines is 1. The summed E-state index contributed by atoms with van der Waals surface area (Å²) in [6, 6.07) is 7.05. The van der Waals surface area contributed by atoms with E-state index in [0.717, 1.165) is 5.69 Å². The predicted molar refractivity (Wildman–Crippen MR) is 68.8 cm³/mol. The molecule has 0 fully saturated rings. The Kier molecular flexibility index (Phi) is 4.19. The number of aromatic nitrogens is 2. The number of halogens is 2. The molecule has 0 saturated heterocycles. The van der Waals surface area contributed by atoms with E-state index in [1.165, 1.54) is 0 Å². The molecule has 0 saturated carbocycles. The molecule has 1 heterocycles. The molecule has 0 atom stereocenters. The Labute approximate surface area is 108 Å². The number of para-hydroxylation sites is 1. The summed E-state index contributed by atoms with van der Waals surface area (Å²) in [6.45, 7) is 0.553. The molecule has 6 heteroatoms.